The molecule has 0 aliphatic heterocycles. The van der Waals surface area contributed by atoms with E-state index in [1.165, 1.54) is 11.3 Å². The normalized spacial score (nSPS) is 11.6. The molecular formula is C10H7ClF3N3S. The molecule has 0 saturated heterocycles. The van der Waals surface area contributed by atoms with Gasteiger partial charge in [-0.15, -0.1) is 11.3 Å². The van der Waals surface area contributed by atoms with Crippen LogP contribution in [0.5, 0.6) is 0 Å². The highest BCUT2D eigenvalue weighted by atomic mass is 35.5. The molecule has 18 heavy (non-hydrogen) atoms. The van der Waals surface area contributed by atoms with Crippen LogP contribution in [0.4, 0.5) is 19.0 Å². The van der Waals surface area contributed by atoms with Crippen LogP contribution in [0.15, 0.2) is 23.7 Å². The quantitative estimate of drug-likeness (QED) is 0.935. The van der Waals surface area contributed by atoms with Crippen LogP contribution in [0.3, 0.4) is 0 Å². The fraction of sp³-hybridized carbons (Fsp3) is 0.200. The Morgan fingerprint density at radius 2 is 2.17 bits per heavy atom. The van der Waals surface area contributed by atoms with Crippen LogP contribution >= 0.6 is 22.9 Å². The van der Waals surface area contributed by atoms with E-state index in [-0.39, 0.29) is 5.82 Å². The fourth-order valence-corrected chi connectivity index (χ4v) is 2.12. The van der Waals surface area contributed by atoms with Gasteiger partial charge in [-0.3, -0.25) is 0 Å². The molecule has 0 unspecified atom stereocenters. The van der Waals surface area contributed by atoms with Gasteiger partial charge in [0, 0.05) is 4.88 Å². The molecular weight excluding hydrogens is 287 g/mol. The van der Waals surface area contributed by atoms with E-state index in [9.17, 15) is 13.2 Å². The highest BCUT2D eigenvalue weighted by molar-refractivity contribution is 7.09. The van der Waals surface area contributed by atoms with E-state index in [2.05, 4.69) is 15.3 Å². The SMILES string of the molecule is FC(F)(F)c1ncc(NCc2cccs2)nc1Cl. The molecule has 0 aromatic carbocycles. The first-order chi connectivity index (χ1) is 8.47. The first kappa shape index (κ1) is 13.1. The summed E-state index contributed by atoms with van der Waals surface area (Å²) in [6.45, 7) is 0.466. The highest BCUT2D eigenvalue weighted by Gasteiger charge is 2.36. The number of nitrogens with one attached hydrogen (secondary N) is 1. The number of halogens is 4. The van der Waals surface area contributed by atoms with Gasteiger partial charge in [-0.2, -0.15) is 13.2 Å². The Hall–Kier alpha value is -1.34. The summed E-state index contributed by atoms with van der Waals surface area (Å²) in [4.78, 5) is 7.92. The number of hydrogen-bond acceptors (Lipinski definition) is 4. The van der Waals surface area contributed by atoms with Gasteiger partial charge in [0.2, 0.25) is 0 Å². The fourth-order valence-electron chi connectivity index (χ4n) is 1.23. The lowest BCUT2D eigenvalue weighted by Crippen LogP contribution is -2.11. The van der Waals surface area contributed by atoms with Crippen LogP contribution in [-0.2, 0) is 12.7 Å². The summed E-state index contributed by atoms with van der Waals surface area (Å²) in [6, 6.07) is 3.78. The van der Waals surface area contributed by atoms with Crippen LogP contribution in [0.25, 0.3) is 0 Å². The molecule has 0 amide bonds. The molecule has 2 rings (SSSR count). The van der Waals surface area contributed by atoms with Crippen LogP contribution in [0.1, 0.15) is 10.6 Å². The Balaban J connectivity index is 2.09. The third-order valence-corrected chi connectivity index (χ3v) is 3.16. The van der Waals surface area contributed by atoms with Crippen LogP contribution in [0, 0.1) is 0 Å². The van der Waals surface area contributed by atoms with Crippen LogP contribution in [0.2, 0.25) is 5.15 Å². The van der Waals surface area contributed by atoms with Crippen LogP contribution in [-0.4, -0.2) is 9.97 Å². The Labute approximate surface area is 110 Å². The lowest BCUT2D eigenvalue weighted by Gasteiger charge is -2.09. The minimum atomic E-state index is -4.59. The predicted molar refractivity (Wildman–Crippen MR) is 63.7 cm³/mol. The number of anilines is 1. The number of aromatic nitrogens is 2. The first-order valence-corrected chi connectivity index (χ1v) is 6.08. The van der Waals surface area contributed by atoms with Crippen molar-refractivity contribution in [3.8, 4) is 0 Å². The van der Waals surface area contributed by atoms with Crippen molar-refractivity contribution >= 4 is 28.8 Å². The molecule has 8 heteroatoms. The molecule has 0 spiro atoms. The third-order valence-electron chi connectivity index (χ3n) is 2.02. The molecule has 2 aromatic rings. The van der Waals surface area contributed by atoms with Gasteiger partial charge in [0.1, 0.15) is 5.82 Å². The molecule has 0 radical (unpaired) electrons. The number of nitrogens with zero attached hydrogens (tertiary/aromatic N) is 2. The maximum absolute atomic E-state index is 12.4. The van der Waals surface area contributed by atoms with E-state index >= 15 is 0 Å². The molecule has 2 aromatic heterocycles. The smallest absolute Gasteiger partial charge is 0.364 e. The summed E-state index contributed by atoms with van der Waals surface area (Å²) >= 11 is 6.97. The molecule has 0 atom stereocenters. The van der Waals surface area contributed by atoms with E-state index in [0.29, 0.717) is 6.54 Å². The van der Waals surface area contributed by atoms with Crippen molar-refractivity contribution in [3.63, 3.8) is 0 Å². The summed E-state index contributed by atoms with van der Waals surface area (Å²) < 4.78 is 37.2. The van der Waals surface area contributed by atoms with Crippen molar-refractivity contribution in [2.75, 3.05) is 5.32 Å². The van der Waals surface area contributed by atoms with Crippen LogP contribution < -0.4 is 5.32 Å². The van der Waals surface area contributed by atoms with Gasteiger partial charge < -0.3 is 5.32 Å². The molecule has 1 N–H and O–H groups in total. The largest absolute Gasteiger partial charge is 0.436 e. The van der Waals surface area contributed by atoms with Gasteiger partial charge in [0.25, 0.3) is 0 Å². The maximum Gasteiger partial charge on any atom is 0.436 e. The van der Waals surface area contributed by atoms with Crippen molar-refractivity contribution in [2.45, 2.75) is 12.7 Å². The average Bonchev–Trinajstić information content (AvgIpc) is 2.77. The van der Waals surface area contributed by atoms with Gasteiger partial charge in [-0.05, 0) is 11.4 Å². The van der Waals surface area contributed by atoms with E-state index in [0.717, 1.165) is 11.1 Å². The standard InChI is InChI=1S/C10H7ClF3N3S/c11-9-8(10(12,13)14)16-5-7(17-9)15-4-6-2-1-3-18-6/h1-3,5H,4H2,(H,15,17). The highest BCUT2D eigenvalue weighted by Crippen LogP contribution is 2.32. The Bertz CT molecular complexity index is 528. The van der Waals surface area contributed by atoms with Crippen molar-refractivity contribution in [1.29, 1.82) is 0 Å². The van der Waals surface area contributed by atoms with E-state index < -0.39 is 17.0 Å². The topological polar surface area (TPSA) is 37.8 Å². The molecule has 2 heterocycles. The van der Waals surface area contributed by atoms with Gasteiger partial charge in [-0.1, -0.05) is 17.7 Å². The van der Waals surface area contributed by atoms with Crippen molar-refractivity contribution in [2.24, 2.45) is 0 Å². The number of alkyl halides is 3. The van der Waals surface area contributed by atoms with E-state index in [4.69, 9.17) is 11.6 Å². The summed E-state index contributed by atoms with van der Waals surface area (Å²) in [5.74, 6) is 0.210. The van der Waals surface area contributed by atoms with Gasteiger partial charge in [0.05, 0.1) is 12.7 Å². The van der Waals surface area contributed by atoms with Gasteiger partial charge in [0.15, 0.2) is 10.8 Å². The number of hydrogen-bond donors (Lipinski definition) is 1. The molecule has 0 aliphatic rings. The first-order valence-electron chi connectivity index (χ1n) is 4.83. The second-order valence-corrected chi connectivity index (χ2v) is 4.72. The van der Waals surface area contributed by atoms with Crippen molar-refractivity contribution in [1.82, 2.24) is 9.97 Å². The molecule has 0 fully saturated rings. The second-order valence-electron chi connectivity index (χ2n) is 3.33. The average molecular weight is 294 g/mol. The van der Waals surface area contributed by atoms with Gasteiger partial charge >= 0.3 is 6.18 Å². The number of rotatable bonds is 3. The minimum Gasteiger partial charge on any atom is -0.364 e. The Morgan fingerprint density at radius 3 is 2.72 bits per heavy atom. The lowest BCUT2D eigenvalue weighted by atomic mass is 10.4. The molecule has 0 aliphatic carbocycles. The zero-order valence-corrected chi connectivity index (χ0v) is 10.4. The van der Waals surface area contributed by atoms with Crippen molar-refractivity contribution < 1.29 is 13.2 Å². The molecule has 3 nitrogen and oxygen atoms in total. The summed E-state index contributed by atoms with van der Waals surface area (Å²) in [5, 5.41) is 4.10. The monoisotopic (exact) mass is 293 g/mol. The third kappa shape index (κ3) is 3.11. The zero-order chi connectivity index (χ0) is 13.2. The Morgan fingerprint density at radius 1 is 1.39 bits per heavy atom. The summed E-state index contributed by atoms with van der Waals surface area (Å²) in [7, 11) is 0. The minimum absolute atomic E-state index is 0.210. The summed E-state index contributed by atoms with van der Waals surface area (Å²) in [5.41, 5.74) is -1.18. The van der Waals surface area contributed by atoms with E-state index in [1.54, 1.807) is 0 Å². The van der Waals surface area contributed by atoms with Crippen molar-refractivity contribution in [3.05, 3.63) is 39.4 Å². The van der Waals surface area contributed by atoms with E-state index in [1.807, 2.05) is 17.5 Å². The molecule has 0 saturated carbocycles. The van der Waals surface area contributed by atoms with Gasteiger partial charge in [-0.25, -0.2) is 9.97 Å². The predicted octanol–water partition coefficient (Wildman–Crippen LogP) is 3.82. The molecule has 0 bridgehead atoms. The number of thiophene rings is 1. The lowest BCUT2D eigenvalue weighted by molar-refractivity contribution is -0.141. The maximum atomic E-state index is 12.4. The molecule has 96 valence electrons. The zero-order valence-electron chi connectivity index (χ0n) is 8.83. The summed E-state index contributed by atoms with van der Waals surface area (Å²) in [6.07, 6.45) is -3.57. The second kappa shape index (κ2) is 5.11. The Kier molecular flexibility index (Phi) is 3.72.